The number of aromatic nitrogens is 3. The molecule has 146 valence electrons. The van der Waals surface area contributed by atoms with E-state index in [0.717, 1.165) is 5.56 Å². The van der Waals surface area contributed by atoms with Crippen molar-refractivity contribution >= 4 is 27.1 Å². The number of rotatable bonds is 6. The van der Waals surface area contributed by atoms with Gasteiger partial charge in [-0.25, -0.2) is 8.42 Å². The molecule has 0 amide bonds. The normalized spacial score (nSPS) is 16.0. The molecular weight excluding hydrogens is 380 g/mol. The van der Waals surface area contributed by atoms with Crippen molar-refractivity contribution in [1.29, 1.82) is 0 Å². The Morgan fingerprint density at radius 2 is 1.89 bits per heavy atom. The monoisotopic (exact) mass is 400 g/mol. The molecule has 0 radical (unpaired) electrons. The SMILES string of the molecule is O=S(=O)(c1ccc2nnn(OC/C=C/c3ccccc3)c2c1)N1CCOCC1. The van der Waals surface area contributed by atoms with Crippen LogP contribution in [0, 0.1) is 0 Å². The maximum absolute atomic E-state index is 12.8. The predicted molar refractivity (Wildman–Crippen MR) is 104 cm³/mol. The molecule has 2 aromatic carbocycles. The molecule has 3 aromatic rings. The Labute approximate surface area is 163 Å². The third-order valence-electron chi connectivity index (χ3n) is 4.40. The lowest BCUT2D eigenvalue weighted by Crippen LogP contribution is -2.40. The molecular formula is C19H20N4O4S. The molecule has 0 N–H and O–H groups in total. The third-order valence-corrected chi connectivity index (χ3v) is 6.29. The van der Waals surface area contributed by atoms with Crippen LogP contribution in [-0.4, -0.2) is 60.8 Å². The van der Waals surface area contributed by atoms with E-state index in [4.69, 9.17) is 9.57 Å². The number of sulfonamides is 1. The van der Waals surface area contributed by atoms with Crippen molar-refractivity contribution in [2.24, 2.45) is 0 Å². The summed E-state index contributed by atoms with van der Waals surface area (Å²) < 4.78 is 32.4. The van der Waals surface area contributed by atoms with Crippen molar-refractivity contribution in [3.8, 4) is 0 Å². The van der Waals surface area contributed by atoms with Gasteiger partial charge in [0.2, 0.25) is 10.0 Å². The number of hydrogen-bond acceptors (Lipinski definition) is 6. The Morgan fingerprint density at radius 3 is 2.68 bits per heavy atom. The van der Waals surface area contributed by atoms with Crippen LogP contribution in [0.3, 0.4) is 0 Å². The van der Waals surface area contributed by atoms with Crippen LogP contribution in [-0.2, 0) is 14.8 Å². The first kappa shape index (κ1) is 18.6. The van der Waals surface area contributed by atoms with Crippen LogP contribution < -0.4 is 4.84 Å². The molecule has 0 bridgehead atoms. The molecule has 28 heavy (non-hydrogen) atoms. The number of fused-ring (bicyclic) bond motifs is 1. The van der Waals surface area contributed by atoms with E-state index in [1.54, 1.807) is 18.2 Å². The number of morpholine rings is 1. The van der Waals surface area contributed by atoms with Gasteiger partial charge in [0.05, 0.1) is 18.1 Å². The lowest BCUT2D eigenvalue weighted by molar-refractivity contribution is 0.0730. The van der Waals surface area contributed by atoms with Gasteiger partial charge >= 0.3 is 0 Å². The molecule has 8 nitrogen and oxygen atoms in total. The van der Waals surface area contributed by atoms with Crippen molar-refractivity contribution in [3.05, 3.63) is 60.2 Å². The van der Waals surface area contributed by atoms with Gasteiger partial charge in [-0.1, -0.05) is 41.3 Å². The highest BCUT2D eigenvalue weighted by Crippen LogP contribution is 2.21. The molecule has 0 saturated carbocycles. The lowest BCUT2D eigenvalue weighted by Gasteiger charge is -2.26. The maximum atomic E-state index is 12.8. The quantitative estimate of drug-likeness (QED) is 0.625. The van der Waals surface area contributed by atoms with Crippen molar-refractivity contribution < 1.29 is 18.0 Å². The van der Waals surface area contributed by atoms with Crippen LogP contribution in [0.4, 0.5) is 0 Å². The summed E-state index contributed by atoms with van der Waals surface area (Å²) in [5, 5.41) is 7.98. The Morgan fingerprint density at radius 1 is 1.11 bits per heavy atom. The molecule has 9 heteroatoms. The summed E-state index contributed by atoms with van der Waals surface area (Å²) >= 11 is 0. The second kappa shape index (κ2) is 8.09. The lowest BCUT2D eigenvalue weighted by atomic mass is 10.2. The molecule has 1 fully saturated rings. The van der Waals surface area contributed by atoms with Crippen LogP contribution in [0.1, 0.15) is 5.56 Å². The van der Waals surface area contributed by atoms with E-state index < -0.39 is 10.0 Å². The second-order valence-corrected chi connectivity index (χ2v) is 8.18. The minimum Gasteiger partial charge on any atom is -0.391 e. The Kier molecular flexibility index (Phi) is 5.38. The second-order valence-electron chi connectivity index (χ2n) is 6.24. The first-order valence-corrected chi connectivity index (χ1v) is 10.4. The molecule has 0 aliphatic carbocycles. The summed E-state index contributed by atoms with van der Waals surface area (Å²) in [6.07, 6.45) is 3.80. The van der Waals surface area contributed by atoms with Gasteiger partial charge in [-0.3, -0.25) is 0 Å². The zero-order valence-electron chi connectivity index (χ0n) is 15.1. The summed E-state index contributed by atoms with van der Waals surface area (Å²) in [5.74, 6) is 0. The largest absolute Gasteiger partial charge is 0.391 e. The van der Waals surface area contributed by atoms with Gasteiger partial charge in [0.25, 0.3) is 0 Å². The number of ether oxygens (including phenoxy) is 1. The van der Waals surface area contributed by atoms with E-state index in [0.29, 0.717) is 37.3 Å². The van der Waals surface area contributed by atoms with Gasteiger partial charge < -0.3 is 9.57 Å². The molecule has 1 saturated heterocycles. The fraction of sp³-hybridized carbons (Fsp3) is 0.263. The predicted octanol–water partition coefficient (Wildman–Crippen LogP) is 1.59. The smallest absolute Gasteiger partial charge is 0.243 e. The van der Waals surface area contributed by atoms with E-state index >= 15 is 0 Å². The third kappa shape index (κ3) is 3.91. The topological polar surface area (TPSA) is 86.5 Å². The number of benzene rings is 2. The summed E-state index contributed by atoms with van der Waals surface area (Å²) in [4.78, 5) is 7.06. The molecule has 4 rings (SSSR count). The Hall–Kier alpha value is -2.75. The molecule has 1 aliphatic heterocycles. The van der Waals surface area contributed by atoms with Gasteiger partial charge in [0.15, 0.2) is 0 Å². The summed E-state index contributed by atoms with van der Waals surface area (Å²) in [5.41, 5.74) is 2.13. The minimum atomic E-state index is -3.59. The van der Waals surface area contributed by atoms with Crippen molar-refractivity contribution in [2.45, 2.75) is 4.90 Å². The maximum Gasteiger partial charge on any atom is 0.243 e. The average molecular weight is 400 g/mol. The van der Waals surface area contributed by atoms with Crippen LogP contribution in [0.25, 0.3) is 17.1 Å². The summed E-state index contributed by atoms with van der Waals surface area (Å²) in [6, 6.07) is 14.6. The van der Waals surface area contributed by atoms with Crippen LogP contribution >= 0.6 is 0 Å². The fourth-order valence-corrected chi connectivity index (χ4v) is 4.36. The van der Waals surface area contributed by atoms with E-state index in [1.807, 2.05) is 42.5 Å². The average Bonchev–Trinajstić information content (AvgIpc) is 3.15. The van der Waals surface area contributed by atoms with Gasteiger partial charge in [0, 0.05) is 13.1 Å². The molecule has 1 aliphatic rings. The number of hydrogen-bond donors (Lipinski definition) is 0. The van der Waals surface area contributed by atoms with Gasteiger partial charge in [-0.05, 0) is 35.1 Å². The van der Waals surface area contributed by atoms with Crippen molar-refractivity contribution in [1.82, 2.24) is 19.5 Å². The first-order valence-electron chi connectivity index (χ1n) is 8.93. The van der Waals surface area contributed by atoms with Crippen LogP contribution in [0.5, 0.6) is 0 Å². The fourth-order valence-electron chi connectivity index (χ4n) is 2.93. The molecule has 0 atom stereocenters. The van der Waals surface area contributed by atoms with Gasteiger partial charge in [-0.15, -0.1) is 5.10 Å². The van der Waals surface area contributed by atoms with Crippen LogP contribution in [0.15, 0.2) is 59.5 Å². The van der Waals surface area contributed by atoms with E-state index in [1.165, 1.54) is 9.15 Å². The van der Waals surface area contributed by atoms with Gasteiger partial charge in [0.1, 0.15) is 17.6 Å². The molecule has 0 spiro atoms. The van der Waals surface area contributed by atoms with Crippen molar-refractivity contribution in [2.75, 3.05) is 32.9 Å². The van der Waals surface area contributed by atoms with E-state index in [-0.39, 0.29) is 11.5 Å². The van der Waals surface area contributed by atoms with Crippen molar-refractivity contribution in [3.63, 3.8) is 0 Å². The van der Waals surface area contributed by atoms with Gasteiger partial charge in [-0.2, -0.15) is 4.31 Å². The first-order chi connectivity index (χ1) is 13.6. The summed E-state index contributed by atoms with van der Waals surface area (Å²) in [6.45, 7) is 1.76. The van der Waals surface area contributed by atoms with E-state index in [2.05, 4.69) is 10.3 Å². The minimum absolute atomic E-state index is 0.189. The highest BCUT2D eigenvalue weighted by Gasteiger charge is 2.27. The Bertz CT molecular complexity index is 1070. The molecule has 1 aromatic heterocycles. The van der Waals surface area contributed by atoms with Crippen LogP contribution in [0.2, 0.25) is 0 Å². The molecule has 0 unspecified atom stereocenters. The number of nitrogens with zero attached hydrogens (tertiary/aromatic N) is 4. The standard InChI is InChI=1S/C19H20N4O4S/c24-28(25,22-10-13-26-14-11-22)17-8-9-18-19(15-17)23(21-20-18)27-12-4-7-16-5-2-1-3-6-16/h1-9,15H,10-14H2/b7-4+. The zero-order chi connectivity index (χ0) is 19.4. The Balaban J connectivity index is 1.52. The van der Waals surface area contributed by atoms with E-state index in [9.17, 15) is 8.42 Å². The zero-order valence-corrected chi connectivity index (χ0v) is 16.0. The highest BCUT2D eigenvalue weighted by atomic mass is 32.2. The summed E-state index contributed by atoms with van der Waals surface area (Å²) in [7, 11) is -3.59. The molecule has 2 heterocycles. The highest BCUT2D eigenvalue weighted by molar-refractivity contribution is 7.89.